The second kappa shape index (κ2) is 4.45. The Balaban J connectivity index is 3.68. The highest BCUT2D eigenvalue weighted by Crippen LogP contribution is 2.45. The molecule has 19 heavy (non-hydrogen) atoms. The van der Waals surface area contributed by atoms with E-state index in [1.54, 1.807) is 0 Å². The van der Waals surface area contributed by atoms with Gasteiger partial charge in [-0.25, -0.2) is 8.42 Å². The molecule has 0 aromatic heterocycles. The third-order valence-electron chi connectivity index (χ3n) is 2.74. The lowest BCUT2D eigenvalue weighted by Crippen LogP contribution is -2.46. The van der Waals surface area contributed by atoms with Gasteiger partial charge in [-0.3, -0.25) is 0 Å². The highest BCUT2D eigenvalue weighted by atomic mass is 35.5. The van der Waals surface area contributed by atoms with E-state index in [1.807, 2.05) is 0 Å². The fraction of sp³-hybridized carbons (Fsp3) is 0.400. The van der Waals surface area contributed by atoms with E-state index in [-0.39, 0.29) is 5.69 Å². The Kier molecular flexibility index (Phi) is 3.72. The van der Waals surface area contributed by atoms with E-state index in [0.29, 0.717) is 13.8 Å². The Labute approximate surface area is 112 Å². The molecule has 0 fully saturated rings. The van der Waals surface area contributed by atoms with E-state index in [1.165, 1.54) is 0 Å². The van der Waals surface area contributed by atoms with Crippen LogP contribution in [0.1, 0.15) is 13.8 Å². The predicted octanol–water partition coefficient (Wildman–Crippen LogP) is 2.74. The number of anilines is 1. The van der Waals surface area contributed by atoms with Crippen LogP contribution in [0.15, 0.2) is 17.0 Å². The molecule has 0 radical (unpaired) electrons. The summed E-state index contributed by atoms with van der Waals surface area (Å²) in [7, 11) is -4.97. The van der Waals surface area contributed by atoms with Crippen LogP contribution in [0, 0.1) is 0 Å². The van der Waals surface area contributed by atoms with Gasteiger partial charge in [0.15, 0.2) is 20.3 Å². The number of rotatable bonds is 2. The third kappa shape index (κ3) is 2.34. The van der Waals surface area contributed by atoms with Crippen LogP contribution in [0.5, 0.6) is 5.75 Å². The number of aromatic hydroxyl groups is 1. The van der Waals surface area contributed by atoms with Crippen molar-refractivity contribution in [3.8, 4) is 5.75 Å². The lowest BCUT2D eigenvalue weighted by atomic mass is 10.2. The molecule has 0 unspecified atom stereocenters. The molecular formula is C10H11ClF3NO3S. The Morgan fingerprint density at radius 2 is 1.74 bits per heavy atom. The van der Waals surface area contributed by atoms with Gasteiger partial charge in [-0.05, 0) is 26.0 Å². The molecule has 0 spiro atoms. The first-order valence-electron chi connectivity index (χ1n) is 4.92. The van der Waals surface area contributed by atoms with Crippen molar-refractivity contribution in [2.75, 3.05) is 5.73 Å². The van der Waals surface area contributed by atoms with Crippen molar-refractivity contribution in [2.24, 2.45) is 0 Å². The quantitative estimate of drug-likeness (QED) is 0.649. The fourth-order valence-electron chi connectivity index (χ4n) is 1.22. The van der Waals surface area contributed by atoms with Crippen molar-refractivity contribution in [3.63, 3.8) is 0 Å². The first-order chi connectivity index (χ1) is 8.34. The van der Waals surface area contributed by atoms with E-state index in [9.17, 15) is 26.7 Å². The molecule has 0 heterocycles. The maximum absolute atomic E-state index is 12.8. The van der Waals surface area contributed by atoms with Gasteiger partial charge >= 0.3 is 6.18 Å². The number of sulfone groups is 1. The van der Waals surface area contributed by atoms with Crippen molar-refractivity contribution in [3.05, 3.63) is 17.2 Å². The molecule has 108 valence electrons. The average molecular weight is 318 g/mol. The Hall–Kier alpha value is -1.15. The molecule has 0 bridgehead atoms. The number of benzene rings is 1. The summed E-state index contributed by atoms with van der Waals surface area (Å²) >= 11 is 5.58. The summed E-state index contributed by atoms with van der Waals surface area (Å²) in [5.41, 5.74) is 4.91. The van der Waals surface area contributed by atoms with E-state index in [2.05, 4.69) is 0 Å². The van der Waals surface area contributed by atoms with Gasteiger partial charge < -0.3 is 10.8 Å². The molecule has 3 N–H and O–H groups in total. The lowest BCUT2D eigenvalue weighted by Gasteiger charge is -2.28. The fourth-order valence-corrected chi connectivity index (χ4v) is 3.19. The molecule has 0 atom stereocenters. The van der Waals surface area contributed by atoms with Gasteiger partial charge in [0.05, 0.1) is 10.7 Å². The van der Waals surface area contributed by atoms with Gasteiger partial charge in [-0.2, -0.15) is 13.2 Å². The van der Waals surface area contributed by atoms with Gasteiger partial charge in [0.1, 0.15) is 4.90 Å². The molecule has 1 aromatic rings. The van der Waals surface area contributed by atoms with E-state index in [0.717, 1.165) is 12.1 Å². The first-order valence-corrected chi connectivity index (χ1v) is 6.78. The van der Waals surface area contributed by atoms with Gasteiger partial charge in [-0.15, -0.1) is 0 Å². The molecule has 0 saturated carbocycles. The molecular weight excluding hydrogens is 307 g/mol. The van der Waals surface area contributed by atoms with Crippen molar-refractivity contribution in [1.82, 2.24) is 0 Å². The van der Waals surface area contributed by atoms with E-state index < -0.39 is 36.4 Å². The minimum atomic E-state index is -5.04. The zero-order valence-corrected chi connectivity index (χ0v) is 11.5. The molecule has 9 heteroatoms. The maximum atomic E-state index is 12.8. The van der Waals surface area contributed by atoms with Crippen LogP contribution in [0.25, 0.3) is 0 Å². The summed E-state index contributed by atoms with van der Waals surface area (Å²) in [5.74, 6) is -0.982. The summed E-state index contributed by atoms with van der Waals surface area (Å²) in [6.45, 7) is 0.975. The van der Waals surface area contributed by atoms with Gasteiger partial charge in [0, 0.05) is 0 Å². The number of hydrogen-bond acceptors (Lipinski definition) is 4. The number of nitrogen functional groups attached to an aromatic ring is 1. The summed E-state index contributed by atoms with van der Waals surface area (Å²) in [4.78, 5) is -1.02. The van der Waals surface area contributed by atoms with Crippen molar-refractivity contribution in [2.45, 2.75) is 29.7 Å². The normalized spacial score (nSPS) is 13.6. The smallest absolute Gasteiger partial charge is 0.408 e. The highest BCUT2D eigenvalue weighted by molar-refractivity contribution is 7.93. The Bertz CT molecular complexity index is 611. The molecule has 0 aliphatic rings. The SMILES string of the molecule is CC(C)(C(F)(F)F)S(=O)(=O)c1c(Cl)ccc(N)c1O. The van der Waals surface area contributed by atoms with Crippen LogP contribution in [-0.4, -0.2) is 24.4 Å². The number of phenolic OH excluding ortho intramolecular Hbond substituents is 1. The number of phenols is 1. The van der Waals surface area contributed by atoms with Crippen LogP contribution < -0.4 is 5.73 Å². The molecule has 1 rings (SSSR count). The average Bonchev–Trinajstić information content (AvgIpc) is 2.22. The predicted molar refractivity (Wildman–Crippen MR) is 64.8 cm³/mol. The zero-order chi connectivity index (χ0) is 15.2. The molecule has 0 saturated heterocycles. The van der Waals surface area contributed by atoms with Crippen LogP contribution in [0.2, 0.25) is 5.02 Å². The molecule has 4 nitrogen and oxygen atoms in total. The molecule has 1 aromatic carbocycles. The Morgan fingerprint density at radius 3 is 2.16 bits per heavy atom. The summed E-state index contributed by atoms with van der Waals surface area (Å²) in [6, 6.07) is 2.10. The number of halogens is 4. The molecule has 0 amide bonds. The van der Waals surface area contributed by atoms with Gasteiger partial charge in [0.2, 0.25) is 0 Å². The molecule has 0 aliphatic carbocycles. The Morgan fingerprint density at radius 1 is 1.26 bits per heavy atom. The van der Waals surface area contributed by atoms with Gasteiger partial charge in [-0.1, -0.05) is 11.6 Å². The number of nitrogens with two attached hydrogens (primary N) is 1. The third-order valence-corrected chi connectivity index (χ3v) is 5.69. The van der Waals surface area contributed by atoms with Crippen LogP contribution in [0.4, 0.5) is 18.9 Å². The van der Waals surface area contributed by atoms with Crippen LogP contribution >= 0.6 is 11.6 Å². The first kappa shape index (κ1) is 15.9. The summed E-state index contributed by atoms with van der Waals surface area (Å²) in [5, 5.41) is 9.06. The van der Waals surface area contributed by atoms with Crippen molar-refractivity contribution < 1.29 is 26.7 Å². The van der Waals surface area contributed by atoms with Crippen LogP contribution in [-0.2, 0) is 9.84 Å². The van der Waals surface area contributed by atoms with E-state index in [4.69, 9.17) is 17.3 Å². The van der Waals surface area contributed by atoms with Gasteiger partial charge in [0.25, 0.3) is 0 Å². The summed E-state index contributed by atoms with van der Waals surface area (Å²) < 4.78 is 59.6. The minimum Gasteiger partial charge on any atom is -0.504 e. The minimum absolute atomic E-state index is 0.374. The number of hydrogen-bond donors (Lipinski definition) is 2. The second-order valence-corrected chi connectivity index (χ2v) is 7.17. The van der Waals surface area contributed by atoms with Crippen molar-refractivity contribution in [1.29, 1.82) is 0 Å². The summed E-state index contributed by atoms with van der Waals surface area (Å²) in [6.07, 6.45) is -5.04. The topological polar surface area (TPSA) is 80.4 Å². The molecule has 0 aliphatic heterocycles. The van der Waals surface area contributed by atoms with Crippen molar-refractivity contribution >= 4 is 27.1 Å². The van der Waals surface area contributed by atoms with Crippen LogP contribution in [0.3, 0.4) is 0 Å². The maximum Gasteiger partial charge on any atom is 0.408 e. The largest absolute Gasteiger partial charge is 0.504 e. The van der Waals surface area contributed by atoms with E-state index >= 15 is 0 Å². The number of alkyl halides is 3. The standard InChI is InChI=1S/C10H11ClF3NO3S/c1-9(2,10(12,13)14)19(17,18)8-5(11)3-4-6(15)7(8)16/h3-4,16H,15H2,1-2H3. The zero-order valence-electron chi connectivity index (χ0n) is 9.92. The second-order valence-electron chi connectivity index (χ2n) is 4.33. The highest BCUT2D eigenvalue weighted by Gasteiger charge is 2.58. The lowest BCUT2D eigenvalue weighted by molar-refractivity contribution is -0.153. The monoisotopic (exact) mass is 317 g/mol.